The van der Waals surface area contributed by atoms with Gasteiger partial charge < -0.3 is 9.64 Å². The van der Waals surface area contributed by atoms with Crippen LogP contribution in [0.25, 0.3) is 0 Å². The van der Waals surface area contributed by atoms with Gasteiger partial charge >= 0.3 is 0 Å². The molecule has 1 heterocycles. The molecule has 0 spiro atoms. The Balaban J connectivity index is 1.94. The van der Waals surface area contributed by atoms with E-state index in [1.54, 1.807) is 4.90 Å². The summed E-state index contributed by atoms with van der Waals surface area (Å²) < 4.78 is 5.69. The van der Waals surface area contributed by atoms with Crippen LogP contribution in [0.3, 0.4) is 0 Å². The van der Waals surface area contributed by atoms with E-state index >= 15 is 0 Å². The topological polar surface area (TPSA) is 46.6 Å². The fraction of sp³-hybridized carbons (Fsp3) is 0.529. The molecule has 1 aromatic carbocycles. The molecule has 1 aliphatic heterocycles. The average Bonchev–Trinajstić information content (AvgIpc) is 2.46. The molecule has 1 aromatic rings. The third-order valence-electron chi connectivity index (χ3n) is 3.90. The van der Waals surface area contributed by atoms with E-state index in [9.17, 15) is 9.59 Å². The number of aryl methyl sites for hydroxylation is 1. The smallest absolute Gasteiger partial charge is 0.260 e. The van der Waals surface area contributed by atoms with E-state index in [4.69, 9.17) is 4.74 Å². The molecule has 4 heteroatoms. The molecular formula is C17H23NO3. The van der Waals surface area contributed by atoms with Gasteiger partial charge in [-0.15, -0.1) is 0 Å². The molecule has 0 bridgehead atoms. The minimum atomic E-state index is -0.0446. The van der Waals surface area contributed by atoms with Gasteiger partial charge in [-0.25, -0.2) is 0 Å². The van der Waals surface area contributed by atoms with Crippen LogP contribution in [0.1, 0.15) is 43.7 Å². The van der Waals surface area contributed by atoms with Crippen LogP contribution in [0.2, 0.25) is 0 Å². The summed E-state index contributed by atoms with van der Waals surface area (Å²) in [6.07, 6.45) is 0.932. The van der Waals surface area contributed by atoms with Crippen molar-refractivity contribution < 1.29 is 14.3 Å². The molecule has 114 valence electrons. The fourth-order valence-electron chi connectivity index (χ4n) is 2.37. The van der Waals surface area contributed by atoms with Crippen molar-refractivity contribution >= 4 is 11.7 Å². The van der Waals surface area contributed by atoms with Crippen LogP contribution in [0.5, 0.6) is 5.75 Å². The summed E-state index contributed by atoms with van der Waals surface area (Å²) in [5.41, 5.74) is 2.23. The standard InChI is InChI=1S/C17H23NO3/c1-12(2)14-5-4-13(3)16(10-14)21-11-17(20)18-8-6-15(19)7-9-18/h4-5,10,12H,6-9,11H2,1-3H3. The maximum Gasteiger partial charge on any atom is 0.260 e. The highest BCUT2D eigenvalue weighted by Crippen LogP contribution is 2.24. The molecule has 0 aliphatic carbocycles. The Bertz CT molecular complexity index is 527. The number of ether oxygens (including phenoxy) is 1. The quantitative estimate of drug-likeness (QED) is 0.856. The number of amides is 1. The zero-order valence-electron chi connectivity index (χ0n) is 13.0. The van der Waals surface area contributed by atoms with Gasteiger partial charge in [-0.1, -0.05) is 26.0 Å². The Morgan fingerprint density at radius 3 is 2.57 bits per heavy atom. The van der Waals surface area contributed by atoms with Crippen LogP contribution in [0.4, 0.5) is 0 Å². The SMILES string of the molecule is Cc1ccc(C(C)C)cc1OCC(=O)N1CCC(=O)CC1. The van der Waals surface area contributed by atoms with Crippen molar-refractivity contribution in [3.05, 3.63) is 29.3 Å². The number of carbonyl (C=O) groups is 2. The highest BCUT2D eigenvalue weighted by atomic mass is 16.5. The number of likely N-dealkylation sites (tertiary alicyclic amines) is 1. The van der Waals surface area contributed by atoms with Gasteiger partial charge in [0.1, 0.15) is 11.5 Å². The number of nitrogens with zero attached hydrogens (tertiary/aromatic N) is 1. The number of hydrogen-bond donors (Lipinski definition) is 0. The van der Waals surface area contributed by atoms with E-state index in [1.807, 2.05) is 19.1 Å². The Morgan fingerprint density at radius 2 is 1.95 bits per heavy atom. The molecule has 0 radical (unpaired) electrons. The van der Waals surface area contributed by atoms with Crippen LogP contribution in [-0.4, -0.2) is 36.3 Å². The van der Waals surface area contributed by atoms with Gasteiger partial charge in [-0.3, -0.25) is 9.59 Å². The summed E-state index contributed by atoms with van der Waals surface area (Å²) in [5.74, 6) is 1.39. The number of piperidine rings is 1. The van der Waals surface area contributed by atoms with Crippen molar-refractivity contribution in [3.8, 4) is 5.75 Å². The first-order chi connectivity index (χ1) is 9.97. The van der Waals surface area contributed by atoms with Crippen molar-refractivity contribution in [2.24, 2.45) is 0 Å². The fourth-order valence-corrected chi connectivity index (χ4v) is 2.37. The summed E-state index contributed by atoms with van der Waals surface area (Å²) >= 11 is 0. The van der Waals surface area contributed by atoms with Crippen molar-refractivity contribution in [1.29, 1.82) is 0 Å². The van der Waals surface area contributed by atoms with E-state index in [0.29, 0.717) is 31.8 Å². The van der Waals surface area contributed by atoms with E-state index in [1.165, 1.54) is 5.56 Å². The highest BCUT2D eigenvalue weighted by Gasteiger charge is 2.21. The molecule has 0 atom stereocenters. The van der Waals surface area contributed by atoms with E-state index in [-0.39, 0.29) is 18.3 Å². The van der Waals surface area contributed by atoms with Gasteiger partial charge in [0.25, 0.3) is 5.91 Å². The summed E-state index contributed by atoms with van der Waals surface area (Å²) in [7, 11) is 0. The lowest BCUT2D eigenvalue weighted by molar-refractivity contribution is -0.136. The van der Waals surface area contributed by atoms with Crippen LogP contribution in [0, 0.1) is 6.92 Å². The van der Waals surface area contributed by atoms with Crippen molar-refractivity contribution in [2.45, 2.75) is 39.5 Å². The van der Waals surface area contributed by atoms with Gasteiger partial charge in [0.05, 0.1) is 0 Å². The first kappa shape index (κ1) is 15.5. The molecular weight excluding hydrogens is 266 g/mol. The van der Waals surface area contributed by atoms with Crippen molar-refractivity contribution in [1.82, 2.24) is 4.90 Å². The minimum absolute atomic E-state index is 0.0383. The van der Waals surface area contributed by atoms with Gasteiger partial charge in [0.2, 0.25) is 0 Å². The lowest BCUT2D eigenvalue weighted by Gasteiger charge is -2.26. The first-order valence-corrected chi connectivity index (χ1v) is 7.50. The van der Waals surface area contributed by atoms with E-state index in [0.717, 1.165) is 11.3 Å². The predicted octanol–water partition coefficient (Wildman–Crippen LogP) is 2.69. The van der Waals surface area contributed by atoms with Crippen LogP contribution in [-0.2, 0) is 9.59 Å². The number of Topliss-reactive ketones (excluding diaryl/α,β-unsaturated/α-hetero) is 1. The molecule has 2 rings (SSSR count). The van der Waals surface area contributed by atoms with Crippen molar-refractivity contribution in [3.63, 3.8) is 0 Å². The first-order valence-electron chi connectivity index (χ1n) is 7.50. The molecule has 1 fully saturated rings. The predicted molar refractivity (Wildman–Crippen MR) is 81.6 cm³/mol. The second-order valence-electron chi connectivity index (χ2n) is 5.89. The molecule has 0 saturated carbocycles. The Morgan fingerprint density at radius 1 is 1.29 bits per heavy atom. The Kier molecular flexibility index (Phi) is 4.99. The van der Waals surface area contributed by atoms with Gasteiger partial charge in [-0.2, -0.15) is 0 Å². The van der Waals surface area contributed by atoms with Crippen molar-refractivity contribution in [2.75, 3.05) is 19.7 Å². The molecule has 0 N–H and O–H groups in total. The summed E-state index contributed by atoms with van der Waals surface area (Å²) in [6, 6.07) is 6.12. The summed E-state index contributed by atoms with van der Waals surface area (Å²) in [6.45, 7) is 7.31. The second-order valence-corrected chi connectivity index (χ2v) is 5.89. The number of rotatable bonds is 4. The summed E-state index contributed by atoms with van der Waals surface area (Å²) in [5, 5.41) is 0. The number of hydrogen-bond acceptors (Lipinski definition) is 3. The molecule has 21 heavy (non-hydrogen) atoms. The lowest BCUT2D eigenvalue weighted by atomic mass is 10.0. The Hall–Kier alpha value is -1.84. The third-order valence-corrected chi connectivity index (χ3v) is 3.90. The maximum absolute atomic E-state index is 12.1. The number of benzene rings is 1. The molecule has 1 saturated heterocycles. The summed E-state index contributed by atoms with van der Waals surface area (Å²) in [4.78, 5) is 25.0. The highest BCUT2D eigenvalue weighted by molar-refractivity contribution is 5.84. The van der Waals surface area contributed by atoms with Crippen LogP contribution >= 0.6 is 0 Å². The molecule has 1 aliphatic rings. The monoisotopic (exact) mass is 289 g/mol. The second kappa shape index (κ2) is 6.74. The zero-order chi connectivity index (χ0) is 15.4. The maximum atomic E-state index is 12.1. The van der Waals surface area contributed by atoms with Crippen LogP contribution in [0.15, 0.2) is 18.2 Å². The molecule has 4 nitrogen and oxygen atoms in total. The van der Waals surface area contributed by atoms with Gasteiger partial charge in [-0.05, 0) is 30.0 Å². The van der Waals surface area contributed by atoms with E-state index in [2.05, 4.69) is 19.9 Å². The van der Waals surface area contributed by atoms with Gasteiger partial charge in [0.15, 0.2) is 6.61 Å². The third kappa shape index (κ3) is 4.06. The van der Waals surface area contributed by atoms with Gasteiger partial charge in [0, 0.05) is 25.9 Å². The molecule has 1 amide bonds. The zero-order valence-corrected chi connectivity index (χ0v) is 13.0. The number of ketones is 1. The molecule has 0 aromatic heterocycles. The van der Waals surface area contributed by atoms with Crippen LogP contribution < -0.4 is 4.74 Å². The average molecular weight is 289 g/mol. The Labute approximate surface area is 126 Å². The largest absolute Gasteiger partial charge is 0.483 e. The lowest BCUT2D eigenvalue weighted by Crippen LogP contribution is -2.41. The number of carbonyl (C=O) groups excluding carboxylic acids is 2. The molecule has 0 unspecified atom stereocenters. The normalized spacial score (nSPS) is 15.4. The van der Waals surface area contributed by atoms with E-state index < -0.39 is 0 Å². The minimum Gasteiger partial charge on any atom is -0.483 e.